The van der Waals surface area contributed by atoms with Crippen LogP contribution >= 0.6 is 0 Å². The molecule has 1 aromatic rings. The molecule has 0 amide bonds. The lowest BCUT2D eigenvalue weighted by molar-refractivity contribution is 0.0274. The summed E-state index contributed by atoms with van der Waals surface area (Å²) in [5.41, 5.74) is 1.23. The monoisotopic (exact) mass is 235 g/mol. The summed E-state index contributed by atoms with van der Waals surface area (Å²) in [6.45, 7) is 1.98. The highest BCUT2D eigenvalue weighted by molar-refractivity contribution is 5.34. The summed E-state index contributed by atoms with van der Waals surface area (Å²) in [5.74, 6) is 1.57. The van der Waals surface area contributed by atoms with Crippen molar-refractivity contribution in [1.29, 1.82) is 0 Å². The lowest BCUT2D eigenvalue weighted by Gasteiger charge is -2.34. The first-order valence-electron chi connectivity index (χ1n) is 6.16. The molecule has 1 saturated carbocycles. The standard InChI is InChI=1S/C13H21N3O/c1-14-13-4-3-10(7-15-13)8-16(2)9-11-5-12(17)6-11/h3-4,7,11-12,17H,5-6,8-9H2,1-2H3,(H,14,15). The third-order valence-corrected chi connectivity index (χ3v) is 3.31. The van der Waals surface area contributed by atoms with Crippen molar-refractivity contribution in [3.63, 3.8) is 0 Å². The zero-order valence-corrected chi connectivity index (χ0v) is 10.6. The number of pyridine rings is 1. The number of aliphatic hydroxyl groups is 1. The molecule has 0 bridgehead atoms. The molecule has 0 unspecified atom stereocenters. The Balaban J connectivity index is 1.78. The van der Waals surface area contributed by atoms with Gasteiger partial charge in [-0.3, -0.25) is 0 Å². The van der Waals surface area contributed by atoms with Gasteiger partial charge in [-0.25, -0.2) is 4.98 Å². The topological polar surface area (TPSA) is 48.4 Å². The minimum atomic E-state index is -0.0509. The van der Waals surface area contributed by atoms with Gasteiger partial charge in [0.1, 0.15) is 5.82 Å². The number of nitrogens with zero attached hydrogens (tertiary/aromatic N) is 2. The maximum absolute atomic E-state index is 9.24. The van der Waals surface area contributed by atoms with Crippen molar-refractivity contribution >= 4 is 5.82 Å². The smallest absolute Gasteiger partial charge is 0.125 e. The molecule has 1 heterocycles. The molecule has 0 saturated heterocycles. The van der Waals surface area contributed by atoms with Gasteiger partial charge in [-0.2, -0.15) is 0 Å². The van der Waals surface area contributed by atoms with Crippen LogP contribution in [0.25, 0.3) is 0 Å². The van der Waals surface area contributed by atoms with E-state index in [0.29, 0.717) is 5.92 Å². The number of hydrogen-bond donors (Lipinski definition) is 2. The lowest BCUT2D eigenvalue weighted by Crippen LogP contribution is -2.36. The molecule has 0 aliphatic heterocycles. The van der Waals surface area contributed by atoms with E-state index in [1.807, 2.05) is 19.3 Å². The van der Waals surface area contributed by atoms with Crippen LogP contribution in [0.4, 0.5) is 5.82 Å². The number of anilines is 1. The van der Waals surface area contributed by atoms with Gasteiger partial charge in [0.2, 0.25) is 0 Å². The van der Waals surface area contributed by atoms with E-state index in [1.54, 1.807) is 0 Å². The highest BCUT2D eigenvalue weighted by Crippen LogP contribution is 2.27. The number of aliphatic hydroxyl groups excluding tert-OH is 1. The van der Waals surface area contributed by atoms with Gasteiger partial charge in [-0.15, -0.1) is 0 Å². The second-order valence-electron chi connectivity index (χ2n) is 4.99. The first-order chi connectivity index (χ1) is 8.17. The zero-order valence-electron chi connectivity index (χ0n) is 10.6. The molecule has 0 spiro atoms. The minimum Gasteiger partial charge on any atom is -0.393 e. The molecule has 0 radical (unpaired) electrons. The highest BCUT2D eigenvalue weighted by Gasteiger charge is 2.27. The summed E-state index contributed by atoms with van der Waals surface area (Å²) >= 11 is 0. The van der Waals surface area contributed by atoms with E-state index < -0.39 is 0 Å². The van der Waals surface area contributed by atoms with E-state index in [2.05, 4.69) is 28.3 Å². The molecule has 2 N–H and O–H groups in total. The van der Waals surface area contributed by atoms with Crippen molar-refractivity contribution in [2.45, 2.75) is 25.5 Å². The Morgan fingerprint density at radius 1 is 1.47 bits per heavy atom. The summed E-state index contributed by atoms with van der Waals surface area (Å²) < 4.78 is 0. The van der Waals surface area contributed by atoms with E-state index in [0.717, 1.165) is 31.7 Å². The molecule has 1 aliphatic carbocycles. The molecule has 0 atom stereocenters. The van der Waals surface area contributed by atoms with Crippen LogP contribution in [-0.4, -0.2) is 41.7 Å². The molecular formula is C13H21N3O. The van der Waals surface area contributed by atoms with E-state index in [1.165, 1.54) is 5.56 Å². The van der Waals surface area contributed by atoms with Gasteiger partial charge in [0, 0.05) is 26.3 Å². The van der Waals surface area contributed by atoms with Gasteiger partial charge in [-0.05, 0) is 37.4 Å². The molecular weight excluding hydrogens is 214 g/mol. The van der Waals surface area contributed by atoms with Crippen LogP contribution in [0.3, 0.4) is 0 Å². The van der Waals surface area contributed by atoms with E-state index in [9.17, 15) is 5.11 Å². The third-order valence-electron chi connectivity index (χ3n) is 3.31. The van der Waals surface area contributed by atoms with Gasteiger partial charge in [0.15, 0.2) is 0 Å². The third kappa shape index (κ3) is 3.41. The van der Waals surface area contributed by atoms with Crippen LogP contribution < -0.4 is 5.32 Å². The Labute approximate surface area is 103 Å². The van der Waals surface area contributed by atoms with Crippen molar-refractivity contribution < 1.29 is 5.11 Å². The van der Waals surface area contributed by atoms with Crippen molar-refractivity contribution in [2.24, 2.45) is 5.92 Å². The molecule has 4 heteroatoms. The van der Waals surface area contributed by atoms with Crippen LogP contribution in [0.1, 0.15) is 18.4 Å². The zero-order chi connectivity index (χ0) is 12.3. The Bertz CT molecular complexity index is 346. The fourth-order valence-electron chi connectivity index (χ4n) is 2.33. The summed E-state index contributed by atoms with van der Waals surface area (Å²) in [4.78, 5) is 6.60. The minimum absolute atomic E-state index is 0.0509. The van der Waals surface area contributed by atoms with Gasteiger partial charge in [-0.1, -0.05) is 6.07 Å². The quantitative estimate of drug-likeness (QED) is 0.808. The van der Waals surface area contributed by atoms with Crippen molar-refractivity contribution in [3.8, 4) is 0 Å². The lowest BCUT2D eigenvalue weighted by atomic mass is 9.82. The Morgan fingerprint density at radius 2 is 2.24 bits per heavy atom. The average molecular weight is 235 g/mol. The van der Waals surface area contributed by atoms with E-state index >= 15 is 0 Å². The molecule has 94 valence electrons. The number of nitrogens with one attached hydrogen (secondary N) is 1. The average Bonchev–Trinajstić information content (AvgIpc) is 2.28. The first kappa shape index (κ1) is 12.3. The Hall–Kier alpha value is -1.13. The van der Waals surface area contributed by atoms with Gasteiger partial charge in [0.05, 0.1) is 6.10 Å². The summed E-state index contributed by atoms with van der Waals surface area (Å²) in [5, 5.41) is 12.3. The van der Waals surface area contributed by atoms with Crippen LogP contribution in [-0.2, 0) is 6.54 Å². The van der Waals surface area contributed by atoms with Gasteiger partial charge in [0.25, 0.3) is 0 Å². The SMILES string of the molecule is CNc1ccc(CN(C)CC2CC(O)C2)cn1. The van der Waals surface area contributed by atoms with E-state index in [-0.39, 0.29) is 6.10 Å². The second kappa shape index (κ2) is 5.47. The normalized spacial score (nSPS) is 23.5. The van der Waals surface area contributed by atoms with Crippen molar-refractivity contribution in [3.05, 3.63) is 23.9 Å². The summed E-state index contributed by atoms with van der Waals surface area (Å²) in [7, 11) is 3.99. The molecule has 1 aromatic heterocycles. The number of aromatic nitrogens is 1. The number of rotatable bonds is 5. The second-order valence-corrected chi connectivity index (χ2v) is 4.99. The molecule has 0 aromatic carbocycles. The number of hydrogen-bond acceptors (Lipinski definition) is 4. The van der Waals surface area contributed by atoms with Gasteiger partial charge < -0.3 is 15.3 Å². The largest absolute Gasteiger partial charge is 0.393 e. The van der Waals surface area contributed by atoms with Crippen LogP contribution in [0, 0.1) is 5.92 Å². The summed E-state index contributed by atoms with van der Waals surface area (Å²) in [6.07, 6.45) is 3.78. The fourth-order valence-corrected chi connectivity index (χ4v) is 2.33. The predicted molar refractivity (Wildman–Crippen MR) is 68.8 cm³/mol. The molecule has 1 fully saturated rings. The van der Waals surface area contributed by atoms with Crippen LogP contribution in [0.2, 0.25) is 0 Å². The van der Waals surface area contributed by atoms with Crippen molar-refractivity contribution in [1.82, 2.24) is 9.88 Å². The summed E-state index contributed by atoms with van der Waals surface area (Å²) in [6, 6.07) is 4.10. The maximum Gasteiger partial charge on any atom is 0.125 e. The maximum atomic E-state index is 9.24. The van der Waals surface area contributed by atoms with Crippen molar-refractivity contribution in [2.75, 3.05) is 26.0 Å². The predicted octanol–water partition coefficient (Wildman–Crippen LogP) is 1.33. The molecule has 17 heavy (non-hydrogen) atoms. The van der Waals surface area contributed by atoms with Gasteiger partial charge >= 0.3 is 0 Å². The van der Waals surface area contributed by atoms with Crippen LogP contribution in [0.5, 0.6) is 0 Å². The molecule has 1 aliphatic rings. The molecule has 2 rings (SSSR count). The fraction of sp³-hybridized carbons (Fsp3) is 0.615. The highest BCUT2D eigenvalue weighted by atomic mass is 16.3. The molecule has 4 nitrogen and oxygen atoms in total. The Morgan fingerprint density at radius 3 is 2.76 bits per heavy atom. The van der Waals surface area contributed by atoms with E-state index in [4.69, 9.17) is 0 Å². The first-order valence-corrected chi connectivity index (χ1v) is 6.16. The Kier molecular flexibility index (Phi) is 3.97. The van der Waals surface area contributed by atoms with Crippen LogP contribution in [0.15, 0.2) is 18.3 Å².